The van der Waals surface area contributed by atoms with Crippen LogP contribution in [-0.4, -0.2) is 17.2 Å². The zero-order valence-corrected chi connectivity index (χ0v) is 14.2. The first-order valence-corrected chi connectivity index (χ1v) is 8.10. The summed E-state index contributed by atoms with van der Waals surface area (Å²) in [5.41, 5.74) is 1.94. The fourth-order valence-electron chi connectivity index (χ4n) is 2.47. The Kier molecular flexibility index (Phi) is 4.15. The van der Waals surface area contributed by atoms with E-state index in [0.29, 0.717) is 6.61 Å². The molecule has 0 aliphatic carbocycles. The third-order valence-electron chi connectivity index (χ3n) is 3.51. The zero-order valence-electron chi connectivity index (χ0n) is 11.1. The van der Waals surface area contributed by atoms with E-state index in [1.165, 1.54) is 0 Å². The van der Waals surface area contributed by atoms with E-state index < -0.39 is 4.32 Å². The van der Waals surface area contributed by atoms with Gasteiger partial charge in [0.25, 0.3) is 0 Å². The van der Waals surface area contributed by atoms with E-state index in [-0.39, 0.29) is 6.04 Å². The summed E-state index contributed by atoms with van der Waals surface area (Å²) < 4.78 is 0.249. The summed E-state index contributed by atoms with van der Waals surface area (Å²) in [6, 6.07) is 17.5. The van der Waals surface area contributed by atoms with Gasteiger partial charge in [-0.3, -0.25) is 4.84 Å². The van der Waals surface area contributed by atoms with Gasteiger partial charge in [-0.25, -0.2) is 5.06 Å². The topological polar surface area (TPSA) is 29.5 Å². The molecule has 3 rings (SSSR count). The highest BCUT2D eigenvalue weighted by molar-refractivity contribution is 9.10. The lowest BCUT2D eigenvalue weighted by atomic mass is 9.95. The van der Waals surface area contributed by atoms with Crippen molar-refractivity contribution in [2.75, 3.05) is 11.7 Å². The molecule has 0 aromatic heterocycles. The number of carbonyl (C=O) groups is 1. The number of alkyl halides is 1. The van der Waals surface area contributed by atoms with E-state index in [4.69, 9.17) is 4.84 Å². The van der Waals surface area contributed by atoms with Crippen LogP contribution in [0, 0.1) is 0 Å². The molecule has 0 saturated carbocycles. The van der Waals surface area contributed by atoms with Gasteiger partial charge in [0.1, 0.15) is 16.7 Å². The van der Waals surface area contributed by atoms with Crippen molar-refractivity contribution in [3.8, 4) is 0 Å². The third-order valence-corrected chi connectivity index (χ3v) is 4.88. The number of nitrogens with zero attached hydrogens (tertiary/aromatic N) is 1. The highest BCUT2D eigenvalue weighted by Crippen LogP contribution is 2.45. The number of rotatable bonds is 3. The molecule has 0 N–H and O–H groups in total. The minimum atomic E-state index is -0.753. The number of carbonyl (C=O) groups excluding carboxylic acids is 1. The number of hydrogen-bond donors (Lipinski definition) is 0. The smallest absolute Gasteiger partial charge is 0.141 e. The maximum atomic E-state index is 11.6. The van der Waals surface area contributed by atoms with Crippen molar-refractivity contribution in [3.63, 3.8) is 0 Å². The lowest BCUT2D eigenvalue weighted by molar-refractivity contribution is -0.109. The average molecular weight is 411 g/mol. The maximum absolute atomic E-state index is 11.6. The van der Waals surface area contributed by atoms with E-state index in [2.05, 4.69) is 31.9 Å². The Morgan fingerprint density at radius 2 is 1.81 bits per heavy atom. The fraction of sp³-hybridized carbons (Fsp3) is 0.188. The van der Waals surface area contributed by atoms with Crippen molar-refractivity contribution in [2.24, 2.45) is 0 Å². The number of anilines is 1. The highest BCUT2D eigenvalue weighted by Gasteiger charge is 2.48. The monoisotopic (exact) mass is 409 g/mol. The van der Waals surface area contributed by atoms with Crippen LogP contribution in [0.4, 0.5) is 5.69 Å². The largest absolute Gasteiger partial charge is 0.302 e. The molecule has 3 nitrogen and oxygen atoms in total. The van der Waals surface area contributed by atoms with Gasteiger partial charge < -0.3 is 4.79 Å². The van der Waals surface area contributed by atoms with E-state index in [1.807, 2.05) is 54.6 Å². The van der Waals surface area contributed by atoms with E-state index in [9.17, 15) is 4.79 Å². The maximum Gasteiger partial charge on any atom is 0.141 e. The van der Waals surface area contributed by atoms with Gasteiger partial charge >= 0.3 is 0 Å². The number of hydroxylamine groups is 1. The molecule has 1 saturated heterocycles. The highest BCUT2D eigenvalue weighted by atomic mass is 79.9. The minimum absolute atomic E-state index is 0.217. The molecular weight excluding hydrogens is 398 g/mol. The van der Waals surface area contributed by atoms with Crippen molar-refractivity contribution >= 4 is 43.8 Å². The van der Waals surface area contributed by atoms with Crippen LogP contribution in [0.25, 0.3) is 0 Å². The molecule has 0 bridgehead atoms. The summed E-state index contributed by atoms with van der Waals surface area (Å²) in [5.74, 6) is 0. The van der Waals surface area contributed by atoms with Crippen molar-refractivity contribution in [1.29, 1.82) is 0 Å². The van der Waals surface area contributed by atoms with Gasteiger partial charge in [0, 0.05) is 4.47 Å². The average Bonchev–Trinajstić information content (AvgIpc) is 2.87. The summed E-state index contributed by atoms with van der Waals surface area (Å²) in [6.07, 6.45) is 0.919. The molecule has 21 heavy (non-hydrogen) atoms. The van der Waals surface area contributed by atoms with Gasteiger partial charge in [0.05, 0.1) is 12.3 Å². The number of para-hydroxylation sites is 1. The zero-order chi connectivity index (χ0) is 14.9. The fourth-order valence-corrected chi connectivity index (χ4v) is 3.29. The van der Waals surface area contributed by atoms with Gasteiger partial charge in [-0.1, -0.05) is 62.2 Å². The van der Waals surface area contributed by atoms with Crippen LogP contribution in [0.2, 0.25) is 0 Å². The van der Waals surface area contributed by atoms with E-state index in [1.54, 1.807) is 5.06 Å². The number of benzene rings is 2. The Balaban J connectivity index is 2.05. The van der Waals surface area contributed by atoms with Gasteiger partial charge in [0.15, 0.2) is 0 Å². The second kappa shape index (κ2) is 5.91. The first-order valence-electron chi connectivity index (χ1n) is 6.52. The molecule has 0 unspecified atom stereocenters. The Morgan fingerprint density at radius 1 is 1.14 bits per heavy atom. The van der Waals surface area contributed by atoms with Crippen molar-refractivity contribution in [1.82, 2.24) is 0 Å². The molecule has 0 spiro atoms. The molecule has 0 amide bonds. The van der Waals surface area contributed by atoms with Crippen molar-refractivity contribution in [3.05, 3.63) is 64.6 Å². The Bertz CT molecular complexity index is 632. The lowest BCUT2D eigenvalue weighted by Crippen LogP contribution is -2.35. The molecule has 1 fully saturated rings. The van der Waals surface area contributed by atoms with E-state index in [0.717, 1.165) is 22.0 Å². The Hall–Kier alpha value is -1.17. The summed E-state index contributed by atoms with van der Waals surface area (Å²) in [5, 5.41) is 1.80. The van der Waals surface area contributed by atoms with Crippen LogP contribution in [-0.2, 0) is 9.63 Å². The van der Waals surface area contributed by atoms with Crippen molar-refractivity contribution in [2.45, 2.75) is 10.4 Å². The van der Waals surface area contributed by atoms with Gasteiger partial charge in [-0.05, 0) is 29.8 Å². The molecule has 1 aliphatic rings. The summed E-state index contributed by atoms with van der Waals surface area (Å²) in [4.78, 5) is 17.4. The SMILES string of the molecule is O=C[C@@]1(Br)CON(c2ccccc2)[C@@H]1c1ccc(Br)cc1. The first kappa shape index (κ1) is 14.8. The van der Waals surface area contributed by atoms with Gasteiger partial charge in [-0.2, -0.15) is 0 Å². The lowest BCUT2D eigenvalue weighted by Gasteiger charge is -2.29. The van der Waals surface area contributed by atoms with Crippen LogP contribution < -0.4 is 5.06 Å². The van der Waals surface area contributed by atoms with Crippen LogP contribution in [0.1, 0.15) is 11.6 Å². The summed E-state index contributed by atoms with van der Waals surface area (Å²) >= 11 is 6.99. The van der Waals surface area contributed by atoms with Crippen LogP contribution >= 0.6 is 31.9 Å². The number of halogens is 2. The number of aldehydes is 1. The predicted octanol–water partition coefficient (Wildman–Crippen LogP) is 4.27. The van der Waals surface area contributed by atoms with Gasteiger partial charge in [0.2, 0.25) is 0 Å². The Labute approximate surface area is 140 Å². The second-order valence-electron chi connectivity index (χ2n) is 4.93. The molecule has 1 heterocycles. The number of hydrogen-bond acceptors (Lipinski definition) is 3. The van der Waals surface area contributed by atoms with Gasteiger partial charge in [-0.15, -0.1) is 0 Å². The second-order valence-corrected chi connectivity index (χ2v) is 7.33. The van der Waals surface area contributed by atoms with E-state index >= 15 is 0 Å². The predicted molar refractivity (Wildman–Crippen MR) is 89.5 cm³/mol. The quantitative estimate of drug-likeness (QED) is 0.558. The first-order chi connectivity index (χ1) is 10.1. The van der Waals surface area contributed by atoms with Crippen LogP contribution in [0.3, 0.4) is 0 Å². The molecule has 5 heteroatoms. The molecule has 2 aromatic rings. The molecule has 2 atom stereocenters. The minimum Gasteiger partial charge on any atom is -0.302 e. The molecule has 2 aromatic carbocycles. The summed E-state index contributed by atoms with van der Waals surface area (Å²) in [7, 11) is 0. The normalized spacial score (nSPS) is 25.0. The van der Waals surface area contributed by atoms with Crippen molar-refractivity contribution < 1.29 is 9.63 Å². The van der Waals surface area contributed by atoms with Crippen LogP contribution in [0.5, 0.6) is 0 Å². The molecular formula is C16H13Br2NO2. The Morgan fingerprint density at radius 3 is 2.43 bits per heavy atom. The standard InChI is InChI=1S/C16H13Br2NO2/c17-13-8-6-12(7-9-13)15-16(18,10-20)11-21-19(15)14-4-2-1-3-5-14/h1-10,15H,11H2/t15-,16-/m1/s1. The molecule has 108 valence electrons. The molecule has 1 aliphatic heterocycles. The summed E-state index contributed by atoms with van der Waals surface area (Å²) in [6.45, 7) is 0.298. The van der Waals surface area contributed by atoms with Crippen LogP contribution in [0.15, 0.2) is 59.1 Å². The molecule has 0 radical (unpaired) electrons. The third kappa shape index (κ3) is 2.78.